The molecule has 2 atom stereocenters. The fraction of sp³-hybridized carbons (Fsp3) is 0.529. The molecule has 0 aliphatic carbocycles. The van der Waals surface area contributed by atoms with E-state index in [0.717, 1.165) is 15.7 Å². The molecule has 0 bridgehead atoms. The summed E-state index contributed by atoms with van der Waals surface area (Å²) in [5.74, 6) is -0.163. The summed E-state index contributed by atoms with van der Waals surface area (Å²) in [5.41, 5.74) is 1.94. The molecule has 3 rings (SSSR count). The topological polar surface area (TPSA) is 49.9 Å². The summed E-state index contributed by atoms with van der Waals surface area (Å²) < 4.78 is 6.40. The molecule has 6 heteroatoms. The van der Waals surface area contributed by atoms with Gasteiger partial charge in [0.2, 0.25) is 11.8 Å². The van der Waals surface area contributed by atoms with Crippen LogP contribution in [-0.4, -0.2) is 49.1 Å². The molecule has 1 aromatic carbocycles. The number of rotatable bonds is 2. The maximum absolute atomic E-state index is 12.7. The maximum Gasteiger partial charge on any atom is 0.228 e. The Morgan fingerprint density at radius 2 is 2.17 bits per heavy atom. The van der Waals surface area contributed by atoms with Gasteiger partial charge in [-0.05, 0) is 37.6 Å². The van der Waals surface area contributed by atoms with Crippen molar-refractivity contribution in [3.63, 3.8) is 0 Å². The molecule has 2 saturated heterocycles. The number of carbonyl (C=O) groups excluding carboxylic acids is 2. The predicted octanol–water partition coefficient (Wildman–Crippen LogP) is 2.36. The third-order valence-corrected chi connectivity index (χ3v) is 5.47. The van der Waals surface area contributed by atoms with Crippen LogP contribution in [0.5, 0.6) is 0 Å². The van der Waals surface area contributed by atoms with E-state index in [4.69, 9.17) is 4.74 Å². The summed E-state index contributed by atoms with van der Waals surface area (Å²) in [7, 11) is 0. The number of aryl methyl sites for hydroxylation is 1. The quantitative estimate of drug-likeness (QED) is 0.791. The van der Waals surface area contributed by atoms with Gasteiger partial charge in [0.25, 0.3) is 0 Å². The maximum atomic E-state index is 12.7. The average Bonchev–Trinajstić information content (AvgIpc) is 2.92. The van der Waals surface area contributed by atoms with Gasteiger partial charge in [-0.1, -0.05) is 15.9 Å². The molecule has 0 N–H and O–H groups in total. The zero-order chi connectivity index (χ0) is 16.6. The molecular formula is C17H21BrN2O3. The van der Waals surface area contributed by atoms with Gasteiger partial charge in [-0.15, -0.1) is 0 Å². The smallest absolute Gasteiger partial charge is 0.228 e. The number of carbonyl (C=O) groups is 2. The van der Waals surface area contributed by atoms with Crippen LogP contribution in [0.3, 0.4) is 0 Å². The van der Waals surface area contributed by atoms with Crippen LogP contribution in [0.1, 0.15) is 18.9 Å². The van der Waals surface area contributed by atoms with E-state index in [9.17, 15) is 9.59 Å². The van der Waals surface area contributed by atoms with E-state index in [2.05, 4.69) is 15.9 Å². The molecule has 1 aromatic rings. The lowest BCUT2D eigenvalue weighted by atomic mass is 10.1. The Morgan fingerprint density at radius 1 is 1.39 bits per heavy atom. The van der Waals surface area contributed by atoms with Crippen LogP contribution < -0.4 is 4.90 Å². The molecule has 2 aliphatic rings. The minimum atomic E-state index is -0.257. The average molecular weight is 381 g/mol. The number of amides is 2. The lowest BCUT2D eigenvalue weighted by Gasteiger charge is -2.34. The van der Waals surface area contributed by atoms with Crippen LogP contribution in [0.25, 0.3) is 0 Å². The second-order valence-corrected chi connectivity index (χ2v) is 7.15. The van der Waals surface area contributed by atoms with Crippen LogP contribution in [0.2, 0.25) is 0 Å². The van der Waals surface area contributed by atoms with Crippen molar-refractivity contribution in [2.24, 2.45) is 5.92 Å². The first-order valence-electron chi connectivity index (χ1n) is 7.92. The minimum Gasteiger partial charge on any atom is -0.377 e. The predicted molar refractivity (Wildman–Crippen MR) is 91.3 cm³/mol. The Bertz CT molecular complexity index is 634. The van der Waals surface area contributed by atoms with Crippen LogP contribution in [0.4, 0.5) is 5.69 Å². The third kappa shape index (κ3) is 3.28. The summed E-state index contributed by atoms with van der Waals surface area (Å²) >= 11 is 3.47. The number of hydrogen-bond donors (Lipinski definition) is 0. The summed E-state index contributed by atoms with van der Waals surface area (Å²) in [6, 6.07) is 5.91. The van der Waals surface area contributed by atoms with E-state index in [-0.39, 0.29) is 30.2 Å². The largest absolute Gasteiger partial charge is 0.377 e. The molecule has 0 radical (unpaired) electrons. The highest BCUT2D eigenvalue weighted by Crippen LogP contribution is 2.29. The summed E-state index contributed by atoms with van der Waals surface area (Å²) in [6.45, 7) is 6.20. The monoisotopic (exact) mass is 380 g/mol. The molecule has 5 nitrogen and oxygen atoms in total. The summed E-state index contributed by atoms with van der Waals surface area (Å²) in [5, 5.41) is 0. The first-order valence-corrected chi connectivity index (χ1v) is 8.71. The second-order valence-electron chi connectivity index (χ2n) is 6.29. The Balaban J connectivity index is 1.74. The Kier molecular flexibility index (Phi) is 4.73. The molecule has 2 amide bonds. The molecular weight excluding hydrogens is 360 g/mol. The normalized spacial score (nSPS) is 25.1. The number of anilines is 1. The Morgan fingerprint density at radius 3 is 2.87 bits per heavy atom. The number of nitrogens with zero attached hydrogens (tertiary/aromatic N) is 2. The molecule has 0 unspecified atom stereocenters. The standard InChI is InChI=1S/C17H21BrN2O3/c1-11-7-14(3-4-15(11)18)20-9-13(8-16(20)21)17(22)19-5-6-23-10-12(19)2/h3-4,7,12-13H,5-6,8-10H2,1-2H3/t12-,13+/m1/s1. The van der Waals surface area contributed by atoms with E-state index < -0.39 is 0 Å². The first kappa shape index (κ1) is 16.5. The molecule has 2 aliphatic heterocycles. The van der Waals surface area contributed by atoms with E-state index in [1.807, 2.05) is 36.9 Å². The lowest BCUT2D eigenvalue weighted by Crippen LogP contribution is -2.49. The number of hydrogen-bond acceptors (Lipinski definition) is 3. The number of ether oxygens (including phenoxy) is 1. The lowest BCUT2D eigenvalue weighted by molar-refractivity contribution is -0.143. The van der Waals surface area contributed by atoms with E-state index in [1.54, 1.807) is 4.90 Å². The van der Waals surface area contributed by atoms with Gasteiger partial charge in [-0.2, -0.15) is 0 Å². The van der Waals surface area contributed by atoms with Gasteiger partial charge in [0.1, 0.15) is 0 Å². The second kappa shape index (κ2) is 6.61. The van der Waals surface area contributed by atoms with Gasteiger partial charge in [-0.3, -0.25) is 9.59 Å². The van der Waals surface area contributed by atoms with E-state index in [1.165, 1.54) is 0 Å². The van der Waals surface area contributed by atoms with Gasteiger partial charge in [0.05, 0.1) is 25.2 Å². The van der Waals surface area contributed by atoms with Crippen molar-refractivity contribution in [1.82, 2.24) is 4.90 Å². The molecule has 2 heterocycles. The van der Waals surface area contributed by atoms with Crippen molar-refractivity contribution < 1.29 is 14.3 Å². The highest BCUT2D eigenvalue weighted by molar-refractivity contribution is 9.10. The van der Waals surface area contributed by atoms with Crippen molar-refractivity contribution in [3.05, 3.63) is 28.2 Å². The van der Waals surface area contributed by atoms with E-state index in [0.29, 0.717) is 26.3 Å². The van der Waals surface area contributed by atoms with Crippen molar-refractivity contribution in [2.75, 3.05) is 31.2 Å². The molecule has 2 fully saturated rings. The third-order valence-electron chi connectivity index (χ3n) is 4.58. The highest BCUT2D eigenvalue weighted by atomic mass is 79.9. The van der Waals surface area contributed by atoms with E-state index >= 15 is 0 Å². The zero-order valence-electron chi connectivity index (χ0n) is 13.4. The number of halogens is 1. The van der Waals surface area contributed by atoms with Gasteiger partial charge in [0, 0.05) is 29.7 Å². The number of benzene rings is 1. The van der Waals surface area contributed by atoms with Crippen molar-refractivity contribution in [3.8, 4) is 0 Å². The summed E-state index contributed by atoms with van der Waals surface area (Å²) in [6.07, 6.45) is 0.290. The van der Waals surface area contributed by atoms with Crippen LogP contribution in [0, 0.1) is 12.8 Å². The van der Waals surface area contributed by atoms with Crippen molar-refractivity contribution in [1.29, 1.82) is 0 Å². The molecule has 0 spiro atoms. The molecule has 23 heavy (non-hydrogen) atoms. The molecule has 124 valence electrons. The zero-order valence-corrected chi connectivity index (χ0v) is 15.0. The van der Waals surface area contributed by atoms with Gasteiger partial charge in [0.15, 0.2) is 0 Å². The van der Waals surface area contributed by atoms with Gasteiger partial charge < -0.3 is 14.5 Å². The van der Waals surface area contributed by atoms with Crippen LogP contribution in [0.15, 0.2) is 22.7 Å². The van der Waals surface area contributed by atoms with Crippen LogP contribution >= 0.6 is 15.9 Å². The minimum absolute atomic E-state index is 0.0194. The summed E-state index contributed by atoms with van der Waals surface area (Å²) in [4.78, 5) is 28.7. The molecule has 0 saturated carbocycles. The highest BCUT2D eigenvalue weighted by Gasteiger charge is 2.38. The SMILES string of the molecule is Cc1cc(N2C[C@@H](C(=O)N3CCOC[C@H]3C)CC2=O)ccc1Br. The van der Waals surface area contributed by atoms with Gasteiger partial charge in [-0.25, -0.2) is 0 Å². The fourth-order valence-corrected chi connectivity index (χ4v) is 3.45. The van der Waals surface area contributed by atoms with Crippen molar-refractivity contribution >= 4 is 33.4 Å². The number of morpholine rings is 1. The Labute approximate surface area is 144 Å². The first-order chi connectivity index (χ1) is 11.0. The van der Waals surface area contributed by atoms with Crippen molar-refractivity contribution in [2.45, 2.75) is 26.3 Å². The molecule has 0 aromatic heterocycles. The fourth-order valence-electron chi connectivity index (χ4n) is 3.21. The van der Waals surface area contributed by atoms with Gasteiger partial charge >= 0.3 is 0 Å². The Hall–Kier alpha value is -1.40. The van der Waals surface area contributed by atoms with Crippen LogP contribution in [-0.2, 0) is 14.3 Å².